The summed E-state index contributed by atoms with van der Waals surface area (Å²) >= 11 is 0. The Morgan fingerprint density at radius 2 is 2.00 bits per heavy atom. The van der Waals surface area contributed by atoms with Gasteiger partial charge in [-0.2, -0.15) is 5.10 Å². The van der Waals surface area contributed by atoms with Gasteiger partial charge in [-0.25, -0.2) is 14.6 Å². The summed E-state index contributed by atoms with van der Waals surface area (Å²) in [5, 5.41) is 3.94. The summed E-state index contributed by atoms with van der Waals surface area (Å²) in [6.07, 6.45) is 7.52. The molecule has 0 atom stereocenters. The molecule has 70 valence electrons. The zero-order chi connectivity index (χ0) is 9.97. The standard InChI is InChI=1S/C8H7N5O/c9-8(14)6-1-12-13(4-6)7-2-10-5-11-3-7/h1-5H,(H2,9,14). The van der Waals surface area contributed by atoms with E-state index in [1.807, 2.05) is 0 Å². The average molecular weight is 189 g/mol. The number of carbonyl (C=O) groups excluding carboxylic acids is 1. The molecule has 2 rings (SSSR count). The zero-order valence-electron chi connectivity index (χ0n) is 7.16. The third kappa shape index (κ3) is 1.45. The third-order valence-corrected chi connectivity index (χ3v) is 1.68. The molecule has 0 aliphatic rings. The molecule has 0 aliphatic carbocycles. The third-order valence-electron chi connectivity index (χ3n) is 1.68. The first-order valence-corrected chi connectivity index (χ1v) is 3.87. The number of amides is 1. The Kier molecular flexibility index (Phi) is 1.94. The highest BCUT2D eigenvalue weighted by molar-refractivity contribution is 5.92. The lowest BCUT2D eigenvalue weighted by Gasteiger charge is -1.96. The van der Waals surface area contributed by atoms with Crippen molar-refractivity contribution in [2.24, 2.45) is 5.73 Å². The molecule has 1 amide bonds. The van der Waals surface area contributed by atoms with Crippen molar-refractivity contribution in [1.29, 1.82) is 0 Å². The van der Waals surface area contributed by atoms with Gasteiger partial charge in [0.15, 0.2) is 0 Å². The second-order valence-electron chi connectivity index (χ2n) is 2.63. The molecule has 2 aromatic heterocycles. The van der Waals surface area contributed by atoms with Gasteiger partial charge in [-0.05, 0) is 0 Å². The Labute approximate surface area is 79.4 Å². The van der Waals surface area contributed by atoms with E-state index in [1.165, 1.54) is 23.4 Å². The van der Waals surface area contributed by atoms with Crippen LogP contribution in [-0.2, 0) is 0 Å². The van der Waals surface area contributed by atoms with Crippen LogP contribution in [0.25, 0.3) is 5.69 Å². The first-order chi connectivity index (χ1) is 6.77. The highest BCUT2D eigenvalue weighted by atomic mass is 16.1. The number of rotatable bonds is 2. The van der Waals surface area contributed by atoms with Crippen LogP contribution in [0.4, 0.5) is 0 Å². The first kappa shape index (κ1) is 8.36. The Morgan fingerprint density at radius 1 is 1.29 bits per heavy atom. The summed E-state index contributed by atoms with van der Waals surface area (Å²) in [6.45, 7) is 0. The number of nitrogens with zero attached hydrogens (tertiary/aromatic N) is 4. The van der Waals surface area contributed by atoms with Crippen molar-refractivity contribution in [1.82, 2.24) is 19.7 Å². The second-order valence-corrected chi connectivity index (χ2v) is 2.63. The number of hydrogen-bond acceptors (Lipinski definition) is 4. The van der Waals surface area contributed by atoms with E-state index in [0.29, 0.717) is 11.3 Å². The predicted molar refractivity (Wildman–Crippen MR) is 47.7 cm³/mol. The van der Waals surface area contributed by atoms with Crippen LogP contribution >= 0.6 is 0 Å². The van der Waals surface area contributed by atoms with Crippen molar-refractivity contribution in [2.45, 2.75) is 0 Å². The highest BCUT2D eigenvalue weighted by Crippen LogP contribution is 2.04. The van der Waals surface area contributed by atoms with Crippen LogP contribution < -0.4 is 5.73 Å². The number of nitrogens with two attached hydrogens (primary N) is 1. The maximum Gasteiger partial charge on any atom is 0.251 e. The largest absolute Gasteiger partial charge is 0.366 e. The Balaban J connectivity index is 2.39. The lowest BCUT2D eigenvalue weighted by Crippen LogP contribution is -2.09. The molecule has 2 aromatic rings. The first-order valence-electron chi connectivity index (χ1n) is 3.87. The summed E-state index contributed by atoms with van der Waals surface area (Å²) < 4.78 is 1.49. The Morgan fingerprint density at radius 3 is 2.57 bits per heavy atom. The van der Waals surface area contributed by atoms with Gasteiger partial charge in [0.05, 0.1) is 24.2 Å². The van der Waals surface area contributed by atoms with Gasteiger partial charge in [0.2, 0.25) is 0 Å². The van der Waals surface area contributed by atoms with Crippen LogP contribution in [0.5, 0.6) is 0 Å². The Hall–Kier alpha value is -2.24. The smallest absolute Gasteiger partial charge is 0.251 e. The number of aromatic nitrogens is 4. The maximum absolute atomic E-state index is 10.8. The van der Waals surface area contributed by atoms with Crippen molar-refractivity contribution in [2.75, 3.05) is 0 Å². The minimum atomic E-state index is -0.506. The topological polar surface area (TPSA) is 86.7 Å². The van der Waals surface area contributed by atoms with E-state index in [2.05, 4.69) is 15.1 Å². The van der Waals surface area contributed by atoms with Crippen LogP contribution in [-0.4, -0.2) is 25.7 Å². The van der Waals surface area contributed by atoms with Gasteiger partial charge in [0.1, 0.15) is 12.0 Å². The van der Waals surface area contributed by atoms with Gasteiger partial charge >= 0.3 is 0 Å². The quantitative estimate of drug-likeness (QED) is 0.706. The van der Waals surface area contributed by atoms with Crippen LogP contribution in [0.1, 0.15) is 10.4 Å². The normalized spacial score (nSPS) is 10.0. The SMILES string of the molecule is NC(=O)c1cnn(-c2cncnc2)c1. The fourth-order valence-corrected chi connectivity index (χ4v) is 1.00. The van der Waals surface area contributed by atoms with Crippen LogP contribution in [0, 0.1) is 0 Å². The number of carbonyl (C=O) groups is 1. The van der Waals surface area contributed by atoms with Gasteiger partial charge in [-0.1, -0.05) is 0 Å². The van der Waals surface area contributed by atoms with E-state index in [9.17, 15) is 4.79 Å². The number of primary amides is 1. The van der Waals surface area contributed by atoms with E-state index in [0.717, 1.165) is 0 Å². The molecule has 0 bridgehead atoms. The summed E-state index contributed by atoms with van der Waals surface area (Å²) in [5.74, 6) is -0.506. The molecule has 0 aromatic carbocycles. The molecule has 0 saturated heterocycles. The van der Waals surface area contributed by atoms with E-state index in [-0.39, 0.29) is 0 Å². The Bertz CT molecular complexity index is 450. The summed E-state index contributed by atoms with van der Waals surface area (Å²) in [6, 6.07) is 0. The molecule has 14 heavy (non-hydrogen) atoms. The van der Waals surface area contributed by atoms with Gasteiger partial charge < -0.3 is 5.73 Å². The minimum absolute atomic E-state index is 0.355. The van der Waals surface area contributed by atoms with Crippen molar-refractivity contribution in [3.8, 4) is 5.69 Å². The summed E-state index contributed by atoms with van der Waals surface area (Å²) in [4.78, 5) is 18.4. The van der Waals surface area contributed by atoms with E-state index < -0.39 is 5.91 Å². The highest BCUT2D eigenvalue weighted by Gasteiger charge is 2.04. The molecule has 0 radical (unpaired) electrons. The van der Waals surface area contributed by atoms with Crippen LogP contribution in [0.2, 0.25) is 0 Å². The van der Waals surface area contributed by atoms with E-state index in [4.69, 9.17) is 5.73 Å². The van der Waals surface area contributed by atoms with E-state index in [1.54, 1.807) is 12.4 Å². The lowest BCUT2D eigenvalue weighted by molar-refractivity contribution is 0.100. The van der Waals surface area contributed by atoms with Crippen molar-refractivity contribution >= 4 is 5.91 Å². The maximum atomic E-state index is 10.8. The fraction of sp³-hybridized carbons (Fsp3) is 0. The van der Waals surface area contributed by atoms with Gasteiger partial charge in [0, 0.05) is 6.20 Å². The average Bonchev–Trinajstić information content (AvgIpc) is 2.68. The van der Waals surface area contributed by atoms with Crippen molar-refractivity contribution < 1.29 is 4.79 Å². The molecule has 2 heterocycles. The molecular formula is C8H7N5O. The number of hydrogen-bond donors (Lipinski definition) is 1. The monoisotopic (exact) mass is 189 g/mol. The molecule has 0 unspecified atom stereocenters. The molecule has 2 N–H and O–H groups in total. The fourth-order valence-electron chi connectivity index (χ4n) is 1.00. The molecule has 0 fully saturated rings. The summed E-state index contributed by atoms with van der Waals surface area (Å²) in [7, 11) is 0. The predicted octanol–water partition coefficient (Wildman–Crippen LogP) is -0.239. The van der Waals surface area contributed by atoms with Crippen molar-refractivity contribution in [3.05, 3.63) is 36.7 Å². The molecule has 0 aliphatic heterocycles. The van der Waals surface area contributed by atoms with E-state index >= 15 is 0 Å². The zero-order valence-corrected chi connectivity index (χ0v) is 7.16. The molecule has 0 saturated carbocycles. The molecular weight excluding hydrogens is 182 g/mol. The van der Waals surface area contributed by atoms with Gasteiger partial charge in [0.25, 0.3) is 5.91 Å². The minimum Gasteiger partial charge on any atom is -0.366 e. The molecule has 0 spiro atoms. The van der Waals surface area contributed by atoms with Crippen LogP contribution in [0.15, 0.2) is 31.1 Å². The molecule has 6 heteroatoms. The van der Waals surface area contributed by atoms with Crippen LogP contribution in [0.3, 0.4) is 0 Å². The molecule has 6 nitrogen and oxygen atoms in total. The summed E-state index contributed by atoms with van der Waals surface area (Å²) in [5.41, 5.74) is 6.12. The second kappa shape index (κ2) is 3.25. The van der Waals surface area contributed by atoms with Gasteiger partial charge in [-0.3, -0.25) is 4.79 Å². The van der Waals surface area contributed by atoms with Gasteiger partial charge in [-0.15, -0.1) is 0 Å². The van der Waals surface area contributed by atoms with Crippen molar-refractivity contribution in [3.63, 3.8) is 0 Å². The lowest BCUT2D eigenvalue weighted by atomic mass is 10.3.